The summed E-state index contributed by atoms with van der Waals surface area (Å²) in [5.74, 6) is 3.11. The molecule has 168 valence electrons. The van der Waals surface area contributed by atoms with E-state index in [1.54, 1.807) is 0 Å². The second-order valence-corrected chi connectivity index (χ2v) is 8.52. The quantitative estimate of drug-likeness (QED) is 0.454. The van der Waals surface area contributed by atoms with Gasteiger partial charge in [-0.25, -0.2) is 0 Å². The number of piperazine rings is 1. The first-order chi connectivity index (χ1) is 16.3. The number of aromatic amines is 1. The summed E-state index contributed by atoms with van der Waals surface area (Å²) in [6.07, 6.45) is 3.22. The molecule has 1 fully saturated rings. The fraction of sp³-hybridized carbons (Fsp3) is 0.259. The Labute approximate surface area is 193 Å². The molecule has 0 unspecified atom stereocenters. The van der Waals surface area contributed by atoms with Crippen LogP contribution < -0.4 is 19.1 Å². The minimum absolute atomic E-state index is 0.264. The lowest BCUT2D eigenvalue weighted by Crippen LogP contribution is -2.47. The van der Waals surface area contributed by atoms with E-state index < -0.39 is 0 Å². The van der Waals surface area contributed by atoms with Crippen molar-refractivity contribution in [3.8, 4) is 23.0 Å². The molecule has 6 nitrogen and oxygen atoms in total. The van der Waals surface area contributed by atoms with Crippen LogP contribution in [0.1, 0.15) is 5.56 Å². The van der Waals surface area contributed by atoms with Gasteiger partial charge in [0.15, 0.2) is 17.2 Å². The third-order valence-corrected chi connectivity index (χ3v) is 6.52. The molecular weight excluding hydrogens is 414 g/mol. The van der Waals surface area contributed by atoms with E-state index in [9.17, 15) is 0 Å². The predicted molar refractivity (Wildman–Crippen MR) is 130 cm³/mol. The van der Waals surface area contributed by atoms with E-state index in [-0.39, 0.29) is 6.79 Å². The Morgan fingerprint density at radius 2 is 1.67 bits per heavy atom. The highest BCUT2D eigenvalue weighted by molar-refractivity contribution is 5.83. The van der Waals surface area contributed by atoms with Gasteiger partial charge in [-0.3, -0.25) is 4.90 Å². The van der Waals surface area contributed by atoms with E-state index >= 15 is 0 Å². The lowest BCUT2D eigenvalue weighted by atomic mass is 10.1. The first-order valence-electron chi connectivity index (χ1n) is 11.5. The molecule has 3 heterocycles. The van der Waals surface area contributed by atoms with Crippen molar-refractivity contribution in [1.82, 2.24) is 9.88 Å². The van der Waals surface area contributed by atoms with Crippen LogP contribution >= 0.6 is 0 Å². The Morgan fingerprint density at radius 3 is 2.61 bits per heavy atom. The average molecular weight is 442 g/mol. The lowest BCUT2D eigenvalue weighted by molar-refractivity contribution is 0.174. The van der Waals surface area contributed by atoms with Gasteiger partial charge in [0.25, 0.3) is 0 Å². The van der Waals surface area contributed by atoms with Crippen LogP contribution in [0, 0.1) is 0 Å². The summed E-state index contributed by atoms with van der Waals surface area (Å²) in [5, 5.41) is 1.34. The van der Waals surface area contributed by atoms with Crippen molar-refractivity contribution in [2.45, 2.75) is 6.42 Å². The van der Waals surface area contributed by atoms with Gasteiger partial charge in [0.1, 0.15) is 5.75 Å². The molecule has 0 radical (unpaired) electrons. The summed E-state index contributed by atoms with van der Waals surface area (Å²) in [7, 11) is 0. The lowest BCUT2D eigenvalue weighted by Gasteiger charge is -2.36. The van der Waals surface area contributed by atoms with Crippen LogP contribution in [0.15, 0.2) is 72.9 Å². The second-order valence-electron chi connectivity index (χ2n) is 8.52. The third kappa shape index (κ3) is 4.10. The molecule has 33 heavy (non-hydrogen) atoms. The Morgan fingerprint density at radius 1 is 0.848 bits per heavy atom. The molecule has 6 heteroatoms. The van der Waals surface area contributed by atoms with Crippen molar-refractivity contribution in [2.24, 2.45) is 0 Å². The van der Waals surface area contributed by atoms with Gasteiger partial charge < -0.3 is 24.1 Å². The number of aromatic nitrogens is 1. The summed E-state index contributed by atoms with van der Waals surface area (Å²) < 4.78 is 17.2. The van der Waals surface area contributed by atoms with Gasteiger partial charge in [-0.05, 0) is 42.3 Å². The molecule has 1 N–H and O–H groups in total. The van der Waals surface area contributed by atoms with E-state index in [1.807, 2.05) is 30.3 Å². The summed E-state index contributed by atoms with van der Waals surface area (Å²) in [5.41, 5.74) is 3.75. The highest BCUT2D eigenvalue weighted by Gasteiger charge is 2.21. The molecule has 4 aromatic rings. The molecule has 6 rings (SSSR count). The SMILES string of the molecule is c1ccc(N2CCN(CCc3c[nH]c4ccccc34)CC2)c(Oc2ccc3c(c2)OCO3)c1. The zero-order valence-corrected chi connectivity index (χ0v) is 18.5. The Kier molecular flexibility index (Phi) is 5.28. The normalized spacial score (nSPS) is 15.8. The first kappa shape index (κ1) is 20.0. The van der Waals surface area contributed by atoms with Crippen molar-refractivity contribution in [2.75, 3.05) is 44.4 Å². The van der Waals surface area contributed by atoms with Crippen molar-refractivity contribution in [3.05, 3.63) is 78.5 Å². The van der Waals surface area contributed by atoms with Crippen LogP contribution in [0.3, 0.4) is 0 Å². The molecule has 0 saturated carbocycles. The van der Waals surface area contributed by atoms with Crippen molar-refractivity contribution >= 4 is 16.6 Å². The van der Waals surface area contributed by atoms with Crippen molar-refractivity contribution in [3.63, 3.8) is 0 Å². The van der Waals surface area contributed by atoms with Gasteiger partial charge >= 0.3 is 0 Å². The van der Waals surface area contributed by atoms with Crippen LogP contribution in [0.5, 0.6) is 23.0 Å². The number of nitrogens with one attached hydrogen (secondary N) is 1. The number of hydrogen-bond donors (Lipinski definition) is 1. The number of fused-ring (bicyclic) bond motifs is 2. The Balaban J connectivity index is 1.09. The third-order valence-electron chi connectivity index (χ3n) is 6.52. The smallest absolute Gasteiger partial charge is 0.231 e. The maximum Gasteiger partial charge on any atom is 0.231 e. The zero-order valence-electron chi connectivity index (χ0n) is 18.5. The second kappa shape index (κ2) is 8.71. The molecular formula is C27H27N3O3. The topological polar surface area (TPSA) is 50.0 Å². The average Bonchev–Trinajstić information content (AvgIpc) is 3.50. The van der Waals surface area contributed by atoms with Crippen LogP contribution in [-0.2, 0) is 6.42 Å². The van der Waals surface area contributed by atoms with Gasteiger partial charge in [-0.2, -0.15) is 0 Å². The van der Waals surface area contributed by atoms with Crippen molar-refractivity contribution in [1.29, 1.82) is 0 Å². The molecule has 1 aromatic heterocycles. The molecule has 2 aliphatic rings. The van der Waals surface area contributed by atoms with E-state index in [2.05, 4.69) is 57.4 Å². The molecule has 0 spiro atoms. The van der Waals surface area contributed by atoms with Gasteiger partial charge in [0.05, 0.1) is 5.69 Å². The zero-order chi connectivity index (χ0) is 22.0. The number of benzene rings is 3. The molecule has 0 bridgehead atoms. The van der Waals surface area contributed by atoms with Gasteiger partial charge in [-0.1, -0.05) is 30.3 Å². The summed E-state index contributed by atoms with van der Waals surface area (Å²) >= 11 is 0. The molecule has 0 amide bonds. The Hall–Kier alpha value is -3.64. The van der Waals surface area contributed by atoms with Gasteiger partial charge in [-0.15, -0.1) is 0 Å². The summed E-state index contributed by atoms with van der Waals surface area (Å²) in [6.45, 7) is 5.39. The first-order valence-corrected chi connectivity index (χ1v) is 11.5. The largest absolute Gasteiger partial charge is 0.455 e. The van der Waals surface area contributed by atoms with E-state index in [0.29, 0.717) is 0 Å². The van der Waals surface area contributed by atoms with Crippen LogP contribution in [0.4, 0.5) is 5.69 Å². The molecule has 0 aliphatic carbocycles. The number of para-hydroxylation sites is 3. The highest BCUT2D eigenvalue weighted by atomic mass is 16.7. The van der Waals surface area contributed by atoms with E-state index in [4.69, 9.17) is 14.2 Å². The van der Waals surface area contributed by atoms with E-state index in [0.717, 1.165) is 67.8 Å². The number of anilines is 1. The number of nitrogens with zero attached hydrogens (tertiary/aromatic N) is 2. The fourth-order valence-corrected chi connectivity index (χ4v) is 4.70. The number of ether oxygens (including phenoxy) is 3. The maximum atomic E-state index is 6.26. The Bertz CT molecular complexity index is 1260. The van der Waals surface area contributed by atoms with Crippen LogP contribution in [0.2, 0.25) is 0 Å². The molecule has 0 atom stereocenters. The monoisotopic (exact) mass is 441 g/mol. The number of hydrogen-bond acceptors (Lipinski definition) is 5. The van der Waals surface area contributed by atoms with Gasteiger partial charge in [0.2, 0.25) is 6.79 Å². The van der Waals surface area contributed by atoms with Crippen LogP contribution in [-0.4, -0.2) is 49.4 Å². The van der Waals surface area contributed by atoms with Crippen LogP contribution in [0.25, 0.3) is 10.9 Å². The number of H-pyrrole nitrogens is 1. The molecule has 2 aliphatic heterocycles. The minimum atomic E-state index is 0.264. The summed E-state index contributed by atoms with van der Waals surface area (Å²) in [4.78, 5) is 8.37. The summed E-state index contributed by atoms with van der Waals surface area (Å²) in [6, 6.07) is 22.5. The fourth-order valence-electron chi connectivity index (χ4n) is 4.70. The predicted octanol–water partition coefficient (Wildman–Crippen LogP) is 5.05. The maximum absolute atomic E-state index is 6.26. The molecule has 3 aromatic carbocycles. The van der Waals surface area contributed by atoms with E-state index in [1.165, 1.54) is 16.5 Å². The van der Waals surface area contributed by atoms with Crippen molar-refractivity contribution < 1.29 is 14.2 Å². The minimum Gasteiger partial charge on any atom is -0.455 e. The molecule has 1 saturated heterocycles. The standard InChI is InChI=1S/C27H27N3O3/c1-2-6-23-22(5-1)20(18-28-23)11-12-29-13-15-30(16-14-29)24-7-3-4-8-25(24)33-21-9-10-26-27(17-21)32-19-31-26/h1-10,17-18,28H,11-16,19H2. The van der Waals surface area contributed by atoms with Gasteiger partial charge in [0, 0.05) is 55.9 Å². The number of rotatable bonds is 6. The highest BCUT2D eigenvalue weighted by Crippen LogP contribution is 2.39.